The summed E-state index contributed by atoms with van der Waals surface area (Å²) in [6.45, 7) is 3.80. The second-order valence-corrected chi connectivity index (χ2v) is 5.81. The van der Waals surface area contributed by atoms with Gasteiger partial charge in [-0.3, -0.25) is 4.79 Å². The highest BCUT2D eigenvalue weighted by molar-refractivity contribution is 6.31. The van der Waals surface area contributed by atoms with Crippen molar-refractivity contribution >= 4 is 34.2 Å². The molecule has 0 saturated heterocycles. The Bertz CT molecular complexity index is 976. The van der Waals surface area contributed by atoms with Crippen molar-refractivity contribution in [2.24, 2.45) is 0 Å². The molecule has 1 N–H and O–H groups in total. The van der Waals surface area contributed by atoms with Gasteiger partial charge in [0.1, 0.15) is 11.1 Å². The molecule has 3 aromatic rings. The number of aryl methyl sites for hydroxylation is 2. The van der Waals surface area contributed by atoms with Crippen LogP contribution in [0.25, 0.3) is 11.0 Å². The first-order valence-corrected chi connectivity index (χ1v) is 7.44. The molecule has 0 aliphatic heterocycles. The Morgan fingerprint density at radius 2 is 1.87 bits per heavy atom. The highest BCUT2D eigenvalue weighted by atomic mass is 35.5. The minimum Gasteiger partial charge on any atom is -0.422 e. The van der Waals surface area contributed by atoms with Gasteiger partial charge >= 0.3 is 5.63 Å². The van der Waals surface area contributed by atoms with E-state index in [1.54, 1.807) is 30.3 Å². The summed E-state index contributed by atoms with van der Waals surface area (Å²) >= 11 is 6.04. The molecule has 0 aliphatic rings. The van der Waals surface area contributed by atoms with Crippen molar-refractivity contribution in [1.29, 1.82) is 0 Å². The lowest BCUT2D eigenvalue weighted by Gasteiger charge is -2.07. The third-order valence-electron chi connectivity index (χ3n) is 3.56. The number of halogens is 1. The van der Waals surface area contributed by atoms with Gasteiger partial charge in [0.15, 0.2) is 0 Å². The average Bonchev–Trinajstić information content (AvgIpc) is 2.50. The SMILES string of the molecule is Cc1ccc2oc(=O)c(C(=O)Nc3ccc(C)c(Cl)c3)cc2c1. The van der Waals surface area contributed by atoms with Crippen molar-refractivity contribution in [3.05, 3.63) is 74.6 Å². The van der Waals surface area contributed by atoms with Gasteiger partial charge in [-0.15, -0.1) is 0 Å². The van der Waals surface area contributed by atoms with Crippen LogP contribution < -0.4 is 10.9 Å². The average molecular weight is 328 g/mol. The molecule has 0 radical (unpaired) electrons. The van der Waals surface area contributed by atoms with Gasteiger partial charge in [-0.25, -0.2) is 4.79 Å². The Labute approximate surface area is 137 Å². The van der Waals surface area contributed by atoms with E-state index in [0.29, 0.717) is 21.7 Å². The van der Waals surface area contributed by atoms with Crippen molar-refractivity contribution in [2.75, 3.05) is 5.32 Å². The first kappa shape index (κ1) is 15.3. The van der Waals surface area contributed by atoms with E-state index < -0.39 is 11.5 Å². The van der Waals surface area contributed by atoms with Crippen LogP contribution in [0.3, 0.4) is 0 Å². The number of benzene rings is 2. The minimum atomic E-state index is -0.669. The lowest BCUT2D eigenvalue weighted by atomic mass is 10.1. The zero-order valence-electron chi connectivity index (χ0n) is 12.6. The largest absolute Gasteiger partial charge is 0.422 e. The van der Waals surface area contributed by atoms with Gasteiger partial charge < -0.3 is 9.73 Å². The van der Waals surface area contributed by atoms with Crippen molar-refractivity contribution in [1.82, 2.24) is 0 Å². The maximum atomic E-state index is 12.3. The van der Waals surface area contributed by atoms with E-state index in [2.05, 4.69) is 5.32 Å². The van der Waals surface area contributed by atoms with Crippen LogP contribution in [0.15, 0.2) is 51.7 Å². The van der Waals surface area contributed by atoms with E-state index in [9.17, 15) is 9.59 Å². The number of fused-ring (bicyclic) bond motifs is 1. The zero-order chi connectivity index (χ0) is 16.6. The summed E-state index contributed by atoms with van der Waals surface area (Å²) in [6.07, 6.45) is 0. The summed E-state index contributed by atoms with van der Waals surface area (Å²) in [5, 5.41) is 3.91. The Balaban J connectivity index is 1.98. The van der Waals surface area contributed by atoms with Crippen molar-refractivity contribution < 1.29 is 9.21 Å². The van der Waals surface area contributed by atoms with E-state index in [0.717, 1.165) is 11.1 Å². The summed E-state index contributed by atoms with van der Waals surface area (Å²) in [7, 11) is 0. The smallest absolute Gasteiger partial charge is 0.349 e. The first-order valence-electron chi connectivity index (χ1n) is 7.06. The number of hydrogen-bond acceptors (Lipinski definition) is 3. The Hall–Kier alpha value is -2.59. The number of carbonyl (C=O) groups is 1. The molecule has 0 fully saturated rings. The Morgan fingerprint density at radius 3 is 2.61 bits per heavy atom. The quantitative estimate of drug-likeness (QED) is 0.713. The highest BCUT2D eigenvalue weighted by Crippen LogP contribution is 2.21. The molecular formula is C18H14ClNO3. The molecule has 1 aromatic heterocycles. The number of anilines is 1. The van der Waals surface area contributed by atoms with Crippen LogP contribution in [0.1, 0.15) is 21.5 Å². The molecule has 0 spiro atoms. The van der Waals surface area contributed by atoms with Crippen LogP contribution >= 0.6 is 11.6 Å². The summed E-state index contributed by atoms with van der Waals surface area (Å²) in [5.74, 6) is -0.526. The van der Waals surface area contributed by atoms with Gasteiger partial charge in [-0.1, -0.05) is 29.3 Å². The summed E-state index contributed by atoms with van der Waals surface area (Å²) in [4.78, 5) is 24.4. The third-order valence-corrected chi connectivity index (χ3v) is 3.97. The van der Waals surface area contributed by atoms with Gasteiger partial charge in [0.05, 0.1) is 0 Å². The lowest BCUT2D eigenvalue weighted by Crippen LogP contribution is -2.20. The minimum absolute atomic E-state index is 0.0419. The predicted octanol–water partition coefficient (Wildman–Crippen LogP) is 4.32. The molecule has 116 valence electrons. The maximum absolute atomic E-state index is 12.3. The van der Waals surface area contributed by atoms with Crippen molar-refractivity contribution in [2.45, 2.75) is 13.8 Å². The molecule has 3 rings (SSSR count). The maximum Gasteiger partial charge on any atom is 0.349 e. The van der Waals surface area contributed by atoms with Crippen LogP contribution in [0.4, 0.5) is 5.69 Å². The molecule has 0 aliphatic carbocycles. The number of carbonyl (C=O) groups excluding carboxylic acids is 1. The second-order valence-electron chi connectivity index (χ2n) is 5.41. The van der Waals surface area contributed by atoms with E-state index in [4.69, 9.17) is 16.0 Å². The summed E-state index contributed by atoms with van der Waals surface area (Å²) in [5.41, 5.74) is 2.19. The van der Waals surface area contributed by atoms with Gasteiger partial charge in [0.2, 0.25) is 0 Å². The number of nitrogens with one attached hydrogen (secondary N) is 1. The van der Waals surface area contributed by atoms with Gasteiger partial charge in [0, 0.05) is 16.1 Å². The number of rotatable bonds is 2. The molecule has 0 unspecified atom stereocenters. The van der Waals surface area contributed by atoms with Crippen LogP contribution in [0.5, 0.6) is 0 Å². The lowest BCUT2D eigenvalue weighted by molar-refractivity contribution is 0.102. The third kappa shape index (κ3) is 3.12. The molecule has 0 atom stereocenters. The fraction of sp³-hybridized carbons (Fsp3) is 0.111. The predicted molar refractivity (Wildman–Crippen MR) is 91.4 cm³/mol. The molecule has 1 heterocycles. The normalized spacial score (nSPS) is 10.7. The molecule has 23 heavy (non-hydrogen) atoms. The molecule has 0 saturated carbocycles. The monoisotopic (exact) mass is 327 g/mol. The van der Waals surface area contributed by atoms with Gasteiger partial charge in [-0.05, 0) is 49.7 Å². The molecule has 2 aromatic carbocycles. The van der Waals surface area contributed by atoms with E-state index >= 15 is 0 Å². The first-order chi connectivity index (χ1) is 10.9. The van der Waals surface area contributed by atoms with E-state index in [1.807, 2.05) is 26.0 Å². The van der Waals surface area contributed by atoms with Gasteiger partial charge in [0.25, 0.3) is 5.91 Å². The van der Waals surface area contributed by atoms with Gasteiger partial charge in [-0.2, -0.15) is 0 Å². The van der Waals surface area contributed by atoms with E-state index in [-0.39, 0.29) is 5.56 Å². The van der Waals surface area contributed by atoms with Crippen LogP contribution in [0.2, 0.25) is 5.02 Å². The molecular weight excluding hydrogens is 314 g/mol. The second kappa shape index (κ2) is 5.89. The van der Waals surface area contributed by atoms with Crippen LogP contribution in [-0.2, 0) is 0 Å². The Kier molecular flexibility index (Phi) is 3.92. The molecule has 1 amide bonds. The van der Waals surface area contributed by atoms with Crippen molar-refractivity contribution in [3.63, 3.8) is 0 Å². The molecule has 5 heteroatoms. The van der Waals surface area contributed by atoms with Crippen LogP contribution in [-0.4, -0.2) is 5.91 Å². The molecule has 4 nitrogen and oxygen atoms in total. The number of hydrogen-bond donors (Lipinski definition) is 1. The van der Waals surface area contributed by atoms with E-state index in [1.165, 1.54) is 0 Å². The Morgan fingerprint density at radius 1 is 1.09 bits per heavy atom. The topological polar surface area (TPSA) is 59.3 Å². The standard InChI is InChI=1S/C18H14ClNO3/c1-10-3-6-16-12(7-10)8-14(18(22)23-16)17(21)20-13-5-4-11(2)15(19)9-13/h3-9H,1-2H3,(H,20,21). The van der Waals surface area contributed by atoms with Crippen molar-refractivity contribution in [3.8, 4) is 0 Å². The number of amides is 1. The summed E-state index contributed by atoms with van der Waals surface area (Å²) < 4.78 is 5.21. The fourth-order valence-electron chi connectivity index (χ4n) is 2.27. The highest BCUT2D eigenvalue weighted by Gasteiger charge is 2.14. The zero-order valence-corrected chi connectivity index (χ0v) is 13.4. The fourth-order valence-corrected chi connectivity index (χ4v) is 2.45. The van der Waals surface area contributed by atoms with Crippen LogP contribution in [0, 0.1) is 13.8 Å². The summed E-state index contributed by atoms with van der Waals surface area (Å²) in [6, 6.07) is 12.1. The molecule has 0 bridgehead atoms.